The molecular formula is C10H8BrFN4O. The highest BCUT2D eigenvalue weighted by Crippen LogP contribution is 2.34. The van der Waals surface area contributed by atoms with Crippen LogP contribution in [0.25, 0.3) is 5.65 Å². The van der Waals surface area contributed by atoms with Gasteiger partial charge in [-0.05, 0) is 22.4 Å². The van der Waals surface area contributed by atoms with E-state index in [0.29, 0.717) is 22.5 Å². The van der Waals surface area contributed by atoms with Gasteiger partial charge >= 0.3 is 0 Å². The first-order valence-electron chi connectivity index (χ1n) is 5.08. The van der Waals surface area contributed by atoms with Crippen LogP contribution in [0.2, 0.25) is 0 Å². The number of nitrogens with one attached hydrogen (secondary N) is 1. The second kappa shape index (κ2) is 3.76. The average Bonchev–Trinajstić information content (AvgIpc) is 2.87. The predicted molar refractivity (Wildman–Crippen MR) is 62.3 cm³/mol. The molecule has 3 rings (SSSR count). The molecule has 0 bridgehead atoms. The van der Waals surface area contributed by atoms with Crippen LogP contribution < -0.4 is 5.32 Å². The fourth-order valence-electron chi connectivity index (χ4n) is 1.59. The lowest BCUT2D eigenvalue weighted by Crippen LogP contribution is -2.15. The fourth-order valence-corrected chi connectivity index (χ4v) is 1.91. The van der Waals surface area contributed by atoms with Crippen LogP contribution in [0.15, 0.2) is 23.2 Å². The van der Waals surface area contributed by atoms with Crippen molar-refractivity contribution in [3.8, 4) is 0 Å². The summed E-state index contributed by atoms with van der Waals surface area (Å²) in [5.74, 6) is -0.411. The summed E-state index contributed by atoms with van der Waals surface area (Å²) in [5, 5.41) is 2.59. The molecular weight excluding hydrogens is 291 g/mol. The highest BCUT2D eigenvalue weighted by Gasteiger charge is 2.43. The number of aromatic nitrogens is 3. The van der Waals surface area contributed by atoms with Crippen LogP contribution in [-0.4, -0.2) is 26.4 Å². The van der Waals surface area contributed by atoms with Crippen molar-refractivity contribution in [3.63, 3.8) is 0 Å². The number of alkyl halides is 1. The SMILES string of the molecule is O=C(Nc1cn2cc(Br)ncc2n1)C1CC1F. The monoisotopic (exact) mass is 298 g/mol. The number of anilines is 1. The van der Waals surface area contributed by atoms with Crippen LogP contribution in [-0.2, 0) is 4.79 Å². The Morgan fingerprint density at radius 2 is 2.35 bits per heavy atom. The number of carbonyl (C=O) groups excluding carboxylic acids is 1. The number of hydrogen-bond acceptors (Lipinski definition) is 3. The highest BCUT2D eigenvalue weighted by molar-refractivity contribution is 9.10. The number of carbonyl (C=O) groups is 1. The number of fused-ring (bicyclic) bond motifs is 1. The van der Waals surface area contributed by atoms with Crippen LogP contribution in [0.4, 0.5) is 10.2 Å². The second-order valence-electron chi connectivity index (χ2n) is 3.95. The Kier molecular flexibility index (Phi) is 2.36. The molecule has 5 nitrogen and oxygen atoms in total. The molecule has 0 spiro atoms. The topological polar surface area (TPSA) is 59.3 Å². The summed E-state index contributed by atoms with van der Waals surface area (Å²) in [6, 6.07) is 0. The number of rotatable bonds is 2. The smallest absolute Gasteiger partial charge is 0.231 e. The lowest BCUT2D eigenvalue weighted by Gasteiger charge is -1.97. The van der Waals surface area contributed by atoms with Gasteiger partial charge in [0.25, 0.3) is 0 Å². The van der Waals surface area contributed by atoms with Crippen molar-refractivity contribution in [1.82, 2.24) is 14.4 Å². The standard InChI is InChI=1S/C10H8BrFN4O/c11-7-3-16-4-8(14-9(16)2-13-7)15-10(17)5-1-6(5)12/h2-6H,1H2,(H,15,17). The second-order valence-corrected chi connectivity index (χ2v) is 4.76. The summed E-state index contributed by atoms with van der Waals surface area (Å²) in [6.07, 6.45) is 4.28. The molecule has 0 aliphatic heterocycles. The van der Waals surface area contributed by atoms with Gasteiger partial charge in [0.1, 0.15) is 10.8 Å². The number of nitrogens with zero attached hydrogens (tertiary/aromatic N) is 3. The van der Waals surface area contributed by atoms with Crippen LogP contribution in [0, 0.1) is 5.92 Å². The molecule has 7 heteroatoms. The Morgan fingerprint density at radius 3 is 3.06 bits per heavy atom. The van der Waals surface area contributed by atoms with Crippen molar-refractivity contribution in [2.24, 2.45) is 5.92 Å². The quantitative estimate of drug-likeness (QED) is 0.919. The van der Waals surface area contributed by atoms with Crippen LogP contribution in [0.3, 0.4) is 0 Å². The van der Waals surface area contributed by atoms with Crippen molar-refractivity contribution in [3.05, 3.63) is 23.2 Å². The van der Waals surface area contributed by atoms with E-state index in [0.717, 1.165) is 0 Å². The van der Waals surface area contributed by atoms with Gasteiger partial charge in [-0.1, -0.05) is 0 Å². The van der Waals surface area contributed by atoms with Crippen LogP contribution in [0.1, 0.15) is 6.42 Å². The average molecular weight is 299 g/mol. The molecule has 1 aliphatic rings. The molecule has 1 saturated carbocycles. The largest absolute Gasteiger partial charge is 0.309 e. The molecule has 2 unspecified atom stereocenters. The summed E-state index contributed by atoms with van der Waals surface area (Å²) in [5.41, 5.74) is 0.621. The maximum atomic E-state index is 12.7. The maximum absolute atomic E-state index is 12.7. The minimum absolute atomic E-state index is 0.312. The first-order valence-corrected chi connectivity index (χ1v) is 5.88. The van der Waals surface area contributed by atoms with Gasteiger partial charge in [0.05, 0.1) is 18.3 Å². The lowest BCUT2D eigenvalue weighted by molar-refractivity contribution is -0.117. The number of halogens is 2. The Bertz CT molecular complexity index is 599. The van der Waals surface area contributed by atoms with E-state index in [1.54, 1.807) is 23.0 Å². The van der Waals surface area contributed by atoms with Gasteiger partial charge in [-0.15, -0.1) is 0 Å². The fraction of sp³-hybridized carbons (Fsp3) is 0.300. The summed E-state index contributed by atoms with van der Waals surface area (Å²) in [6.45, 7) is 0. The van der Waals surface area contributed by atoms with E-state index in [1.165, 1.54) is 0 Å². The molecule has 1 N–H and O–H groups in total. The number of imidazole rings is 1. The van der Waals surface area contributed by atoms with Crippen molar-refractivity contribution in [1.29, 1.82) is 0 Å². The molecule has 0 radical (unpaired) electrons. The predicted octanol–water partition coefficient (Wildman–Crippen LogP) is 1.79. The van der Waals surface area contributed by atoms with E-state index in [1.807, 2.05) is 0 Å². The summed E-state index contributed by atoms with van der Waals surface area (Å²) >= 11 is 3.24. The Hall–Kier alpha value is -1.50. The van der Waals surface area contributed by atoms with Gasteiger partial charge < -0.3 is 9.72 Å². The lowest BCUT2D eigenvalue weighted by atomic mass is 10.4. The molecule has 2 heterocycles. The van der Waals surface area contributed by atoms with E-state index in [2.05, 4.69) is 31.2 Å². The van der Waals surface area contributed by atoms with Crippen molar-refractivity contribution < 1.29 is 9.18 Å². The first kappa shape index (κ1) is 10.6. The third-order valence-electron chi connectivity index (χ3n) is 2.61. The van der Waals surface area contributed by atoms with Gasteiger partial charge in [-0.3, -0.25) is 4.79 Å². The molecule has 1 fully saturated rings. The van der Waals surface area contributed by atoms with Crippen molar-refractivity contribution in [2.45, 2.75) is 12.6 Å². The molecule has 88 valence electrons. The zero-order valence-electron chi connectivity index (χ0n) is 8.60. The Balaban J connectivity index is 1.83. The van der Waals surface area contributed by atoms with E-state index in [-0.39, 0.29) is 5.91 Å². The van der Waals surface area contributed by atoms with Crippen molar-refractivity contribution >= 4 is 33.3 Å². The van der Waals surface area contributed by atoms with E-state index >= 15 is 0 Å². The van der Waals surface area contributed by atoms with Crippen LogP contribution >= 0.6 is 15.9 Å². The highest BCUT2D eigenvalue weighted by atomic mass is 79.9. The van der Waals surface area contributed by atoms with Crippen LogP contribution in [0.5, 0.6) is 0 Å². The maximum Gasteiger partial charge on any atom is 0.231 e. The summed E-state index contributed by atoms with van der Waals surface area (Å²) in [4.78, 5) is 19.7. The van der Waals surface area contributed by atoms with Gasteiger partial charge in [-0.2, -0.15) is 0 Å². The molecule has 17 heavy (non-hydrogen) atoms. The summed E-state index contributed by atoms with van der Waals surface area (Å²) < 4.78 is 15.1. The molecule has 1 amide bonds. The molecule has 2 aromatic heterocycles. The third-order valence-corrected chi connectivity index (χ3v) is 3.02. The van der Waals surface area contributed by atoms with E-state index in [9.17, 15) is 9.18 Å². The van der Waals surface area contributed by atoms with E-state index in [4.69, 9.17) is 0 Å². The van der Waals surface area contributed by atoms with Gasteiger partial charge in [-0.25, -0.2) is 14.4 Å². The molecule has 0 aromatic carbocycles. The van der Waals surface area contributed by atoms with Gasteiger partial charge in [0.15, 0.2) is 11.5 Å². The Morgan fingerprint density at radius 1 is 1.59 bits per heavy atom. The van der Waals surface area contributed by atoms with Gasteiger partial charge in [0.2, 0.25) is 5.91 Å². The third kappa shape index (κ3) is 2.02. The molecule has 0 saturated heterocycles. The van der Waals surface area contributed by atoms with E-state index < -0.39 is 12.1 Å². The van der Waals surface area contributed by atoms with Gasteiger partial charge in [0, 0.05) is 6.20 Å². The minimum Gasteiger partial charge on any atom is -0.309 e. The molecule has 2 atom stereocenters. The normalized spacial score (nSPS) is 22.7. The minimum atomic E-state index is -0.997. The Labute approximate surface area is 104 Å². The summed E-state index contributed by atoms with van der Waals surface area (Å²) in [7, 11) is 0. The molecule has 2 aromatic rings. The first-order chi connectivity index (χ1) is 8.13. The molecule has 1 aliphatic carbocycles. The number of amides is 1. The zero-order chi connectivity index (χ0) is 12.0. The number of hydrogen-bond donors (Lipinski definition) is 1. The van der Waals surface area contributed by atoms with Crippen molar-refractivity contribution in [2.75, 3.05) is 5.32 Å². The zero-order valence-corrected chi connectivity index (χ0v) is 10.2.